The number of rotatable bonds is 8. The number of nitrogens with one attached hydrogen (secondary N) is 2. The van der Waals surface area contributed by atoms with Gasteiger partial charge in [0.2, 0.25) is 5.91 Å². The summed E-state index contributed by atoms with van der Waals surface area (Å²) in [6, 6.07) is 7.35. The summed E-state index contributed by atoms with van der Waals surface area (Å²) in [6.07, 6.45) is 2.29. The van der Waals surface area contributed by atoms with Crippen LogP contribution in [-0.2, 0) is 4.79 Å². The maximum absolute atomic E-state index is 11.7. The van der Waals surface area contributed by atoms with Crippen molar-refractivity contribution in [3.05, 3.63) is 24.3 Å². The molecule has 0 aliphatic rings. The number of amides is 1. The van der Waals surface area contributed by atoms with Gasteiger partial charge in [-0.05, 0) is 37.4 Å². The summed E-state index contributed by atoms with van der Waals surface area (Å²) < 4.78 is 5.10. The summed E-state index contributed by atoms with van der Waals surface area (Å²) in [5.74, 6) is 1.42. The van der Waals surface area contributed by atoms with Crippen molar-refractivity contribution >= 4 is 11.6 Å². The standard InChI is InChI=1S/C15H24N2O2/c1-12(2)6-5-9-16-11-15(18)17-13-7-4-8-14(10-13)19-3/h4,7-8,10,12,16H,5-6,9,11H2,1-3H3,(H,17,18). The lowest BCUT2D eigenvalue weighted by Crippen LogP contribution is -2.28. The molecule has 0 spiro atoms. The van der Waals surface area contributed by atoms with Gasteiger partial charge in [0.1, 0.15) is 5.75 Å². The molecule has 106 valence electrons. The Hall–Kier alpha value is -1.55. The van der Waals surface area contributed by atoms with E-state index in [1.54, 1.807) is 13.2 Å². The van der Waals surface area contributed by atoms with Crippen molar-refractivity contribution in [2.24, 2.45) is 5.92 Å². The highest BCUT2D eigenvalue weighted by molar-refractivity contribution is 5.92. The van der Waals surface area contributed by atoms with Crippen molar-refractivity contribution in [3.63, 3.8) is 0 Å². The van der Waals surface area contributed by atoms with Gasteiger partial charge in [0.05, 0.1) is 13.7 Å². The third kappa shape index (κ3) is 6.82. The van der Waals surface area contributed by atoms with Gasteiger partial charge in [0.25, 0.3) is 0 Å². The predicted molar refractivity (Wildman–Crippen MR) is 78.6 cm³/mol. The van der Waals surface area contributed by atoms with E-state index >= 15 is 0 Å². The highest BCUT2D eigenvalue weighted by Crippen LogP contribution is 2.16. The van der Waals surface area contributed by atoms with E-state index in [0.717, 1.165) is 24.4 Å². The second-order valence-electron chi connectivity index (χ2n) is 4.99. The number of hydrogen-bond donors (Lipinski definition) is 2. The zero-order valence-electron chi connectivity index (χ0n) is 12.0. The number of methoxy groups -OCH3 is 1. The highest BCUT2D eigenvalue weighted by atomic mass is 16.5. The predicted octanol–water partition coefficient (Wildman–Crippen LogP) is 2.66. The fourth-order valence-electron chi connectivity index (χ4n) is 1.74. The lowest BCUT2D eigenvalue weighted by molar-refractivity contribution is -0.115. The summed E-state index contributed by atoms with van der Waals surface area (Å²) in [5.41, 5.74) is 0.758. The van der Waals surface area contributed by atoms with Gasteiger partial charge in [-0.2, -0.15) is 0 Å². The van der Waals surface area contributed by atoms with Crippen LogP contribution in [0.2, 0.25) is 0 Å². The Morgan fingerprint density at radius 3 is 2.84 bits per heavy atom. The summed E-state index contributed by atoms with van der Waals surface area (Å²) in [5, 5.41) is 5.98. The van der Waals surface area contributed by atoms with Crippen LogP contribution in [0.5, 0.6) is 5.75 Å². The number of anilines is 1. The first-order valence-electron chi connectivity index (χ1n) is 6.76. The number of carbonyl (C=O) groups is 1. The number of hydrogen-bond acceptors (Lipinski definition) is 3. The van der Waals surface area contributed by atoms with Gasteiger partial charge in [-0.3, -0.25) is 4.79 Å². The molecule has 0 aromatic heterocycles. The number of benzene rings is 1. The largest absolute Gasteiger partial charge is 0.497 e. The molecular formula is C15H24N2O2. The molecule has 1 aromatic carbocycles. The fourth-order valence-corrected chi connectivity index (χ4v) is 1.74. The van der Waals surface area contributed by atoms with Crippen molar-refractivity contribution < 1.29 is 9.53 Å². The summed E-state index contributed by atoms with van der Waals surface area (Å²) in [6.45, 7) is 5.63. The SMILES string of the molecule is COc1cccc(NC(=O)CNCCCC(C)C)c1. The average Bonchev–Trinajstić information content (AvgIpc) is 2.38. The van der Waals surface area contributed by atoms with E-state index in [9.17, 15) is 4.79 Å². The van der Waals surface area contributed by atoms with Gasteiger partial charge >= 0.3 is 0 Å². The lowest BCUT2D eigenvalue weighted by atomic mass is 10.1. The van der Waals surface area contributed by atoms with Crippen molar-refractivity contribution in [1.82, 2.24) is 5.32 Å². The molecule has 0 fully saturated rings. The molecule has 4 nitrogen and oxygen atoms in total. The zero-order valence-corrected chi connectivity index (χ0v) is 12.0. The average molecular weight is 264 g/mol. The Morgan fingerprint density at radius 1 is 1.37 bits per heavy atom. The maximum atomic E-state index is 11.7. The molecule has 1 aromatic rings. The van der Waals surface area contributed by atoms with Crippen LogP contribution in [0, 0.1) is 5.92 Å². The van der Waals surface area contributed by atoms with E-state index in [2.05, 4.69) is 24.5 Å². The molecule has 4 heteroatoms. The molecule has 0 bridgehead atoms. The molecule has 0 unspecified atom stereocenters. The molecule has 0 heterocycles. The second kappa shape index (κ2) is 8.53. The van der Waals surface area contributed by atoms with Crippen LogP contribution in [0.25, 0.3) is 0 Å². The molecule has 0 saturated heterocycles. The first-order chi connectivity index (χ1) is 9.11. The molecule has 0 saturated carbocycles. The van der Waals surface area contributed by atoms with Crippen molar-refractivity contribution in [2.75, 3.05) is 25.5 Å². The third-order valence-electron chi connectivity index (χ3n) is 2.77. The number of carbonyl (C=O) groups excluding carboxylic acids is 1. The minimum Gasteiger partial charge on any atom is -0.497 e. The second-order valence-corrected chi connectivity index (χ2v) is 4.99. The van der Waals surface area contributed by atoms with E-state index in [4.69, 9.17) is 4.74 Å². The van der Waals surface area contributed by atoms with E-state index in [0.29, 0.717) is 12.5 Å². The van der Waals surface area contributed by atoms with Crippen LogP contribution >= 0.6 is 0 Å². The first-order valence-corrected chi connectivity index (χ1v) is 6.76. The Balaban J connectivity index is 2.23. The van der Waals surface area contributed by atoms with Crippen LogP contribution in [-0.4, -0.2) is 26.1 Å². The van der Waals surface area contributed by atoms with E-state index < -0.39 is 0 Å². The summed E-state index contributed by atoms with van der Waals surface area (Å²) >= 11 is 0. The van der Waals surface area contributed by atoms with Gasteiger partial charge < -0.3 is 15.4 Å². The Morgan fingerprint density at radius 2 is 2.16 bits per heavy atom. The lowest BCUT2D eigenvalue weighted by Gasteiger charge is -2.08. The molecule has 2 N–H and O–H groups in total. The van der Waals surface area contributed by atoms with E-state index in [1.807, 2.05) is 18.2 Å². The van der Waals surface area contributed by atoms with E-state index in [1.165, 1.54) is 6.42 Å². The molecule has 1 rings (SSSR count). The van der Waals surface area contributed by atoms with Crippen LogP contribution in [0.15, 0.2) is 24.3 Å². The van der Waals surface area contributed by atoms with Gasteiger partial charge in [0, 0.05) is 11.8 Å². The Labute approximate surface area is 115 Å². The van der Waals surface area contributed by atoms with Crippen LogP contribution < -0.4 is 15.4 Å². The third-order valence-corrected chi connectivity index (χ3v) is 2.77. The smallest absolute Gasteiger partial charge is 0.238 e. The molecule has 1 amide bonds. The first kappa shape index (κ1) is 15.5. The molecule has 0 aliphatic carbocycles. The Kier molecular flexibility index (Phi) is 6.97. The zero-order chi connectivity index (χ0) is 14.1. The van der Waals surface area contributed by atoms with Crippen LogP contribution in [0.4, 0.5) is 5.69 Å². The monoisotopic (exact) mass is 264 g/mol. The Bertz CT molecular complexity index is 391. The molecule has 0 radical (unpaired) electrons. The molecular weight excluding hydrogens is 240 g/mol. The minimum atomic E-state index is -0.0298. The maximum Gasteiger partial charge on any atom is 0.238 e. The van der Waals surface area contributed by atoms with Crippen molar-refractivity contribution in [2.45, 2.75) is 26.7 Å². The van der Waals surface area contributed by atoms with Crippen LogP contribution in [0.3, 0.4) is 0 Å². The quantitative estimate of drug-likeness (QED) is 0.710. The van der Waals surface area contributed by atoms with Crippen molar-refractivity contribution in [1.29, 1.82) is 0 Å². The van der Waals surface area contributed by atoms with Gasteiger partial charge in [-0.15, -0.1) is 0 Å². The fraction of sp³-hybridized carbons (Fsp3) is 0.533. The molecule has 19 heavy (non-hydrogen) atoms. The highest BCUT2D eigenvalue weighted by Gasteiger charge is 2.02. The van der Waals surface area contributed by atoms with Gasteiger partial charge in [-0.1, -0.05) is 19.9 Å². The van der Waals surface area contributed by atoms with Gasteiger partial charge in [-0.25, -0.2) is 0 Å². The topological polar surface area (TPSA) is 50.4 Å². The summed E-state index contributed by atoms with van der Waals surface area (Å²) in [7, 11) is 1.61. The van der Waals surface area contributed by atoms with Crippen LogP contribution in [0.1, 0.15) is 26.7 Å². The van der Waals surface area contributed by atoms with Crippen molar-refractivity contribution in [3.8, 4) is 5.75 Å². The summed E-state index contributed by atoms with van der Waals surface area (Å²) in [4.78, 5) is 11.7. The normalized spacial score (nSPS) is 10.5. The van der Waals surface area contributed by atoms with E-state index in [-0.39, 0.29) is 5.91 Å². The number of ether oxygens (including phenoxy) is 1. The minimum absolute atomic E-state index is 0.0298. The molecule has 0 atom stereocenters. The molecule has 0 aliphatic heterocycles. The van der Waals surface area contributed by atoms with Gasteiger partial charge in [0.15, 0.2) is 0 Å².